The van der Waals surface area contributed by atoms with Crippen molar-refractivity contribution in [1.82, 2.24) is 14.9 Å². The third-order valence-corrected chi connectivity index (χ3v) is 3.89. The molecule has 1 aliphatic carbocycles. The molecular weight excluding hydrogens is 282 g/mol. The van der Waals surface area contributed by atoms with Crippen molar-refractivity contribution in [2.24, 2.45) is 0 Å². The maximum absolute atomic E-state index is 12.1. The molecule has 108 valence electrons. The molecule has 0 radical (unpaired) electrons. The van der Waals surface area contributed by atoms with Gasteiger partial charge in [0.2, 0.25) is 5.91 Å². The fourth-order valence-electron chi connectivity index (χ4n) is 1.73. The van der Waals surface area contributed by atoms with Crippen molar-refractivity contribution in [2.75, 3.05) is 5.75 Å². The predicted octanol–water partition coefficient (Wildman–Crippen LogP) is 0.260. The van der Waals surface area contributed by atoms with Crippen molar-refractivity contribution in [3.63, 3.8) is 0 Å². The average Bonchev–Trinajstić information content (AvgIpc) is 3.19. The van der Waals surface area contributed by atoms with Crippen LogP contribution in [-0.4, -0.2) is 38.3 Å². The zero-order valence-electron chi connectivity index (χ0n) is 10.9. The zero-order chi connectivity index (χ0) is 14.7. The lowest BCUT2D eigenvalue weighted by molar-refractivity contribution is -0.140. The monoisotopic (exact) mass is 297 g/mol. The summed E-state index contributed by atoms with van der Waals surface area (Å²) >= 11 is 1.04. The van der Waals surface area contributed by atoms with Crippen molar-refractivity contribution < 1.29 is 14.7 Å². The van der Waals surface area contributed by atoms with Crippen LogP contribution in [-0.2, 0) is 9.59 Å². The number of hydrogen-bond donors (Lipinski definition) is 2. The Hall–Kier alpha value is -1.83. The Morgan fingerprint density at radius 2 is 2.30 bits per heavy atom. The van der Waals surface area contributed by atoms with Crippen LogP contribution >= 0.6 is 11.8 Å². The number of carboxylic acid groups (broad SMARTS) is 1. The Morgan fingerprint density at radius 3 is 2.85 bits per heavy atom. The quantitative estimate of drug-likeness (QED) is 0.730. The molecule has 0 saturated heterocycles. The lowest BCUT2D eigenvalue weighted by Crippen LogP contribution is -2.41. The van der Waals surface area contributed by atoms with Crippen molar-refractivity contribution in [3.8, 4) is 0 Å². The summed E-state index contributed by atoms with van der Waals surface area (Å²) < 4.78 is 1.63. The minimum absolute atomic E-state index is 0.0613. The summed E-state index contributed by atoms with van der Waals surface area (Å²) in [5.41, 5.74) is -0.202. The number of rotatable bonds is 6. The molecular formula is C12H15N3O4S. The second kappa shape index (κ2) is 6.08. The van der Waals surface area contributed by atoms with Crippen LogP contribution in [0.3, 0.4) is 0 Å². The Labute approximate surface area is 119 Å². The van der Waals surface area contributed by atoms with Crippen LogP contribution in [0, 0.1) is 0 Å². The SMILES string of the molecule is CC(=O)N[C@@H](CSc1nccn(C2CC2)c1=O)C(=O)O. The lowest BCUT2D eigenvalue weighted by atomic mass is 10.3. The molecule has 1 aromatic rings. The number of amides is 1. The fourth-order valence-corrected chi connectivity index (χ4v) is 2.64. The number of carbonyl (C=O) groups excluding carboxylic acids is 1. The highest BCUT2D eigenvalue weighted by Gasteiger charge is 2.26. The van der Waals surface area contributed by atoms with E-state index in [2.05, 4.69) is 10.3 Å². The maximum Gasteiger partial charge on any atom is 0.327 e. The molecule has 1 aromatic heterocycles. The van der Waals surface area contributed by atoms with Crippen molar-refractivity contribution in [1.29, 1.82) is 0 Å². The predicted molar refractivity (Wildman–Crippen MR) is 72.7 cm³/mol. The Morgan fingerprint density at radius 1 is 1.60 bits per heavy atom. The van der Waals surface area contributed by atoms with Crippen molar-refractivity contribution >= 4 is 23.6 Å². The van der Waals surface area contributed by atoms with Gasteiger partial charge >= 0.3 is 5.97 Å². The second-order valence-electron chi connectivity index (χ2n) is 4.58. The molecule has 1 aliphatic rings. The average molecular weight is 297 g/mol. The van der Waals surface area contributed by atoms with E-state index in [1.807, 2.05) is 0 Å². The highest BCUT2D eigenvalue weighted by Crippen LogP contribution is 2.33. The van der Waals surface area contributed by atoms with Crippen molar-refractivity contribution in [2.45, 2.75) is 36.9 Å². The molecule has 0 aromatic carbocycles. The molecule has 0 bridgehead atoms. The van der Waals surface area contributed by atoms with Crippen LogP contribution < -0.4 is 10.9 Å². The largest absolute Gasteiger partial charge is 0.480 e. The van der Waals surface area contributed by atoms with Gasteiger partial charge in [-0.15, -0.1) is 0 Å². The first-order valence-electron chi connectivity index (χ1n) is 6.19. The fraction of sp³-hybridized carbons (Fsp3) is 0.500. The summed E-state index contributed by atoms with van der Waals surface area (Å²) in [5, 5.41) is 11.6. The number of thioether (sulfide) groups is 1. The third-order valence-electron chi connectivity index (χ3n) is 2.84. The van der Waals surface area contributed by atoms with E-state index < -0.39 is 17.9 Å². The summed E-state index contributed by atoms with van der Waals surface area (Å²) in [6, 6.07) is -0.788. The molecule has 1 fully saturated rings. The molecule has 2 rings (SSSR count). The van der Waals surface area contributed by atoms with Crippen molar-refractivity contribution in [3.05, 3.63) is 22.7 Å². The van der Waals surface area contributed by atoms with Crippen LogP contribution in [0.4, 0.5) is 0 Å². The topological polar surface area (TPSA) is 101 Å². The first-order chi connectivity index (χ1) is 9.49. The number of carbonyl (C=O) groups is 2. The third kappa shape index (κ3) is 3.60. The molecule has 1 saturated carbocycles. The summed E-state index contributed by atoms with van der Waals surface area (Å²) in [4.78, 5) is 38.0. The second-order valence-corrected chi connectivity index (χ2v) is 5.59. The van der Waals surface area contributed by atoms with E-state index in [0.29, 0.717) is 0 Å². The highest BCUT2D eigenvalue weighted by atomic mass is 32.2. The number of nitrogens with zero attached hydrogens (tertiary/aromatic N) is 2. The number of carboxylic acids is 1. The first-order valence-corrected chi connectivity index (χ1v) is 7.17. The van der Waals surface area contributed by atoms with E-state index in [-0.39, 0.29) is 22.4 Å². The van der Waals surface area contributed by atoms with Crippen LogP contribution in [0.25, 0.3) is 0 Å². The number of hydrogen-bond acceptors (Lipinski definition) is 5. The van der Waals surface area contributed by atoms with Gasteiger partial charge in [0.05, 0.1) is 0 Å². The smallest absolute Gasteiger partial charge is 0.327 e. The Balaban J connectivity index is 2.06. The molecule has 1 atom stereocenters. The summed E-state index contributed by atoms with van der Waals surface area (Å²) in [6.07, 6.45) is 5.15. The van der Waals surface area contributed by atoms with Gasteiger partial charge in [-0.3, -0.25) is 9.59 Å². The van der Waals surface area contributed by atoms with Gasteiger partial charge in [-0.25, -0.2) is 9.78 Å². The van der Waals surface area contributed by atoms with Crippen LogP contribution in [0.15, 0.2) is 22.2 Å². The normalized spacial score (nSPS) is 15.7. The van der Waals surface area contributed by atoms with Crippen LogP contribution in [0.1, 0.15) is 25.8 Å². The number of aromatic nitrogens is 2. The van der Waals surface area contributed by atoms with Crippen LogP contribution in [0.2, 0.25) is 0 Å². The molecule has 2 N–H and O–H groups in total. The van der Waals surface area contributed by atoms with E-state index in [4.69, 9.17) is 5.11 Å². The van der Waals surface area contributed by atoms with Gasteiger partial charge in [0.1, 0.15) is 6.04 Å². The van der Waals surface area contributed by atoms with Gasteiger partial charge in [-0.2, -0.15) is 0 Å². The maximum atomic E-state index is 12.1. The molecule has 0 unspecified atom stereocenters. The molecule has 1 amide bonds. The standard InChI is InChI=1S/C12H15N3O4S/c1-7(16)14-9(12(18)19)6-20-10-11(17)15(5-4-13-10)8-2-3-8/h4-5,8-9H,2-3,6H2,1H3,(H,14,16)(H,18,19)/t9-/m0/s1. The lowest BCUT2D eigenvalue weighted by Gasteiger charge is -2.12. The van der Waals surface area contributed by atoms with Crippen LogP contribution in [0.5, 0.6) is 0 Å². The van der Waals surface area contributed by atoms with Gasteiger partial charge in [-0.05, 0) is 12.8 Å². The molecule has 1 heterocycles. The Kier molecular flexibility index (Phi) is 4.43. The molecule has 0 spiro atoms. The molecule has 20 heavy (non-hydrogen) atoms. The summed E-state index contributed by atoms with van der Waals surface area (Å²) in [5.74, 6) is -1.49. The molecule has 0 aliphatic heterocycles. The summed E-state index contributed by atoms with van der Waals surface area (Å²) in [7, 11) is 0. The van der Waals surface area contributed by atoms with E-state index >= 15 is 0 Å². The molecule has 8 heteroatoms. The minimum atomic E-state index is -1.13. The van der Waals surface area contributed by atoms with Gasteiger partial charge in [0, 0.05) is 31.1 Å². The van der Waals surface area contributed by atoms with E-state index in [0.717, 1.165) is 24.6 Å². The van der Waals surface area contributed by atoms with Gasteiger partial charge in [0.15, 0.2) is 5.03 Å². The number of aliphatic carboxylic acids is 1. The minimum Gasteiger partial charge on any atom is -0.480 e. The first kappa shape index (κ1) is 14.6. The van der Waals surface area contributed by atoms with E-state index in [1.165, 1.54) is 13.1 Å². The van der Waals surface area contributed by atoms with E-state index in [1.54, 1.807) is 10.8 Å². The Bertz CT molecular complexity index is 582. The van der Waals surface area contributed by atoms with Gasteiger partial charge < -0.3 is 15.0 Å². The van der Waals surface area contributed by atoms with E-state index in [9.17, 15) is 14.4 Å². The van der Waals surface area contributed by atoms with Gasteiger partial charge in [-0.1, -0.05) is 11.8 Å². The summed E-state index contributed by atoms with van der Waals surface area (Å²) in [6.45, 7) is 1.25. The highest BCUT2D eigenvalue weighted by molar-refractivity contribution is 7.99. The zero-order valence-corrected chi connectivity index (χ0v) is 11.7. The van der Waals surface area contributed by atoms with Gasteiger partial charge in [0.25, 0.3) is 5.56 Å². The number of nitrogens with one attached hydrogen (secondary N) is 1. The molecule has 7 nitrogen and oxygen atoms in total.